The van der Waals surface area contributed by atoms with E-state index in [9.17, 15) is 9.59 Å². The average Bonchev–Trinajstić information content (AvgIpc) is 2.63. The molecule has 3 rings (SSSR count). The normalized spacial score (nSPS) is 16.2. The van der Waals surface area contributed by atoms with E-state index in [1.807, 2.05) is 30.3 Å². The van der Waals surface area contributed by atoms with Crippen LogP contribution in [0.3, 0.4) is 0 Å². The van der Waals surface area contributed by atoms with Crippen LogP contribution in [0.4, 0.5) is 5.69 Å². The van der Waals surface area contributed by atoms with Crippen molar-refractivity contribution in [2.24, 2.45) is 0 Å². The van der Waals surface area contributed by atoms with Gasteiger partial charge in [-0.05, 0) is 36.1 Å². The van der Waals surface area contributed by atoms with Crippen LogP contribution in [0.15, 0.2) is 54.6 Å². The first kappa shape index (κ1) is 17.2. The van der Waals surface area contributed by atoms with Crippen LogP contribution in [0, 0.1) is 0 Å². The zero-order valence-electron chi connectivity index (χ0n) is 13.9. The average molecular weight is 339 g/mol. The van der Waals surface area contributed by atoms with E-state index >= 15 is 0 Å². The van der Waals surface area contributed by atoms with Crippen molar-refractivity contribution in [2.75, 3.05) is 18.5 Å². The quantitative estimate of drug-likeness (QED) is 0.878. The Morgan fingerprint density at radius 3 is 2.44 bits per heavy atom. The van der Waals surface area contributed by atoms with Gasteiger partial charge in [-0.1, -0.05) is 42.5 Å². The number of aliphatic carboxylic acids is 1. The van der Waals surface area contributed by atoms with Gasteiger partial charge in [-0.15, -0.1) is 0 Å². The van der Waals surface area contributed by atoms with Crippen LogP contribution in [0.1, 0.15) is 24.0 Å². The van der Waals surface area contributed by atoms with Gasteiger partial charge in [0.1, 0.15) is 0 Å². The van der Waals surface area contributed by atoms with Crippen molar-refractivity contribution in [1.82, 2.24) is 0 Å². The van der Waals surface area contributed by atoms with Crippen molar-refractivity contribution in [3.63, 3.8) is 0 Å². The number of ether oxygens (including phenoxy) is 1. The van der Waals surface area contributed by atoms with Crippen molar-refractivity contribution in [2.45, 2.75) is 24.7 Å². The van der Waals surface area contributed by atoms with Crippen molar-refractivity contribution in [3.8, 4) is 0 Å². The van der Waals surface area contributed by atoms with Crippen molar-refractivity contribution in [1.29, 1.82) is 0 Å². The molecule has 2 N–H and O–H groups in total. The minimum atomic E-state index is -0.895. The number of anilines is 1. The van der Waals surface area contributed by atoms with Crippen LogP contribution in [0.25, 0.3) is 0 Å². The Morgan fingerprint density at radius 1 is 1.04 bits per heavy atom. The fraction of sp³-hybridized carbons (Fsp3) is 0.300. The maximum atomic E-state index is 13.1. The predicted octanol–water partition coefficient (Wildman–Crippen LogP) is 3.00. The van der Waals surface area contributed by atoms with Crippen LogP contribution in [-0.4, -0.2) is 30.2 Å². The van der Waals surface area contributed by atoms with Crippen LogP contribution < -0.4 is 5.32 Å². The van der Waals surface area contributed by atoms with Gasteiger partial charge in [0.15, 0.2) is 0 Å². The van der Waals surface area contributed by atoms with Gasteiger partial charge in [0.25, 0.3) is 0 Å². The second-order valence-electron chi connectivity index (χ2n) is 6.29. The summed E-state index contributed by atoms with van der Waals surface area (Å²) < 4.78 is 5.46. The van der Waals surface area contributed by atoms with Crippen molar-refractivity contribution >= 4 is 17.6 Å². The molecule has 1 aliphatic heterocycles. The molecule has 0 aliphatic carbocycles. The smallest absolute Gasteiger partial charge is 0.307 e. The molecule has 0 saturated carbocycles. The van der Waals surface area contributed by atoms with Gasteiger partial charge in [-0.25, -0.2) is 0 Å². The van der Waals surface area contributed by atoms with Gasteiger partial charge >= 0.3 is 5.97 Å². The third-order valence-corrected chi connectivity index (χ3v) is 4.65. The number of rotatable bonds is 5. The Morgan fingerprint density at radius 2 is 1.76 bits per heavy atom. The molecule has 0 bridgehead atoms. The third-order valence-electron chi connectivity index (χ3n) is 4.65. The van der Waals surface area contributed by atoms with E-state index in [-0.39, 0.29) is 12.3 Å². The molecule has 2 aromatic rings. The molecular formula is C20H21NO4. The summed E-state index contributed by atoms with van der Waals surface area (Å²) in [5.74, 6) is -0.969. The molecule has 1 aliphatic rings. The maximum absolute atomic E-state index is 13.1. The summed E-state index contributed by atoms with van der Waals surface area (Å²) in [6.45, 7) is 1.09. The lowest BCUT2D eigenvalue weighted by atomic mass is 9.73. The fourth-order valence-electron chi connectivity index (χ4n) is 3.31. The Kier molecular flexibility index (Phi) is 5.14. The number of amides is 1. The molecule has 0 radical (unpaired) electrons. The van der Waals surface area contributed by atoms with Gasteiger partial charge < -0.3 is 15.2 Å². The highest BCUT2D eigenvalue weighted by Crippen LogP contribution is 2.36. The van der Waals surface area contributed by atoms with Crippen molar-refractivity contribution < 1.29 is 19.4 Å². The van der Waals surface area contributed by atoms with Gasteiger partial charge in [-0.3, -0.25) is 9.59 Å². The number of hydrogen-bond acceptors (Lipinski definition) is 3. The Hall–Kier alpha value is -2.66. The molecule has 0 spiro atoms. The molecule has 0 unspecified atom stereocenters. The molecule has 5 heteroatoms. The van der Waals surface area contributed by atoms with Gasteiger partial charge in [0.05, 0.1) is 11.8 Å². The first-order chi connectivity index (χ1) is 12.1. The zero-order valence-corrected chi connectivity index (χ0v) is 13.9. The molecule has 2 aromatic carbocycles. The SMILES string of the molecule is O=C(O)Cc1cccc(NC(=O)C2(c3ccccc3)CCOCC2)c1. The third kappa shape index (κ3) is 3.88. The highest BCUT2D eigenvalue weighted by Gasteiger charge is 2.41. The maximum Gasteiger partial charge on any atom is 0.307 e. The highest BCUT2D eigenvalue weighted by molar-refractivity contribution is 5.99. The summed E-state index contributed by atoms with van der Waals surface area (Å²) >= 11 is 0. The predicted molar refractivity (Wildman–Crippen MR) is 94.6 cm³/mol. The van der Waals surface area contributed by atoms with E-state index < -0.39 is 11.4 Å². The largest absolute Gasteiger partial charge is 0.481 e. The summed E-state index contributed by atoms with van der Waals surface area (Å²) in [5, 5.41) is 11.9. The molecule has 0 atom stereocenters. The number of hydrogen-bond donors (Lipinski definition) is 2. The molecule has 1 heterocycles. The molecule has 1 amide bonds. The lowest BCUT2D eigenvalue weighted by Gasteiger charge is -2.36. The van der Waals surface area contributed by atoms with Crippen molar-refractivity contribution in [3.05, 3.63) is 65.7 Å². The van der Waals surface area contributed by atoms with Crippen LogP contribution >= 0.6 is 0 Å². The second-order valence-corrected chi connectivity index (χ2v) is 6.29. The fourth-order valence-corrected chi connectivity index (χ4v) is 3.31. The van der Waals surface area contributed by atoms with E-state index in [0.717, 1.165) is 5.56 Å². The van der Waals surface area contributed by atoms with E-state index in [1.165, 1.54) is 0 Å². The lowest BCUT2D eigenvalue weighted by Crippen LogP contribution is -2.44. The Labute approximate surface area is 146 Å². The molecule has 5 nitrogen and oxygen atoms in total. The number of carbonyl (C=O) groups excluding carboxylic acids is 1. The number of benzene rings is 2. The van der Waals surface area contributed by atoms with Crippen LogP contribution in [0.2, 0.25) is 0 Å². The van der Waals surface area contributed by atoms with E-state index in [2.05, 4.69) is 5.32 Å². The standard InChI is InChI=1S/C20H21NO4/c22-18(23)14-15-5-4-8-17(13-15)21-19(24)20(9-11-25-12-10-20)16-6-2-1-3-7-16/h1-8,13H,9-12,14H2,(H,21,24)(H,22,23). The van der Waals surface area contributed by atoms with E-state index in [1.54, 1.807) is 24.3 Å². The van der Waals surface area contributed by atoms with E-state index in [0.29, 0.717) is 37.3 Å². The lowest BCUT2D eigenvalue weighted by molar-refractivity contribution is -0.136. The number of carboxylic acids is 1. The first-order valence-corrected chi connectivity index (χ1v) is 8.36. The summed E-state index contributed by atoms with van der Waals surface area (Å²) in [7, 11) is 0. The Bertz CT molecular complexity index is 751. The van der Waals surface area contributed by atoms with Crippen LogP contribution in [-0.2, 0) is 26.2 Å². The molecule has 1 saturated heterocycles. The van der Waals surface area contributed by atoms with Gasteiger partial charge in [-0.2, -0.15) is 0 Å². The first-order valence-electron chi connectivity index (χ1n) is 8.36. The monoisotopic (exact) mass is 339 g/mol. The highest BCUT2D eigenvalue weighted by atomic mass is 16.5. The molecule has 0 aromatic heterocycles. The van der Waals surface area contributed by atoms with Gasteiger partial charge in [0.2, 0.25) is 5.91 Å². The summed E-state index contributed by atoms with van der Waals surface area (Å²) in [6.07, 6.45) is 1.18. The second kappa shape index (κ2) is 7.49. The number of carbonyl (C=O) groups is 2. The van der Waals surface area contributed by atoms with Gasteiger partial charge in [0, 0.05) is 18.9 Å². The zero-order chi connectivity index (χ0) is 17.7. The minimum Gasteiger partial charge on any atom is -0.481 e. The minimum absolute atomic E-state index is 0.0681. The number of nitrogens with one attached hydrogen (secondary N) is 1. The molecule has 1 fully saturated rings. The Balaban J connectivity index is 1.85. The summed E-state index contributed by atoms with van der Waals surface area (Å²) in [4.78, 5) is 24.0. The molecule has 25 heavy (non-hydrogen) atoms. The topological polar surface area (TPSA) is 75.6 Å². The molecule has 130 valence electrons. The van der Waals surface area contributed by atoms with E-state index in [4.69, 9.17) is 9.84 Å². The van der Waals surface area contributed by atoms with Crippen LogP contribution in [0.5, 0.6) is 0 Å². The number of carboxylic acid groups (broad SMARTS) is 1. The summed E-state index contributed by atoms with van der Waals surface area (Å²) in [5.41, 5.74) is 1.64. The molecular weight excluding hydrogens is 318 g/mol. The summed E-state index contributed by atoms with van der Waals surface area (Å²) in [6, 6.07) is 16.8.